The van der Waals surface area contributed by atoms with E-state index < -0.39 is 5.91 Å². The molecule has 1 amide bonds. The minimum Gasteiger partial charge on any atom is -0.368 e. The van der Waals surface area contributed by atoms with Crippen LogP contribution in [0.2, 0.25) is 10.0 Å². The van der Waals surface area contributed by atoms with Gasteiger partial charge in [-0.05, 0) is 30.5 Å². The van der Waals surface area contributed by atoms with Gasteiger partial charge >= 0.3 is 0 Å². The molecule has 0 bridgehead atoms. The Morgan fingerprint density at radius 3 is 2.56 bits per heavy atom. The van der Waals surface area contributed by atoms with Crippen LogP contribution < -0.4 is 5.73 Å². The predicted molar refractivity (Wildman–Crippen MR) is 62.5 cm³/mol. The summed E-state index contributed by atoms with van der Waals surface area (Å²) in [6.45, 7) is -0.0692. The van der Waals surface area contributed by atoms with Crippen molar-refractivity contribution in [3.63, 3.8) is 0 Å². The molecule has 1 aromatic rings. The number of amides is 1. The summed E-state index contributed by atoms with van der Waals surface area (Å²) in [5.41, 5.74) is 5.61. The Morgan fingerprint density at radius 1 is 1.38 bits per heavy atom. The molecule has 0 heterocycles. The summed E-state index contributed by atoms with van der Waals surface area (Å²) in [6, 6.07) is 5.37. The number of nitrogens with two attached hydrogens (primary N) is 1. The van der Waals surface area contributed by atoms with Gasteiger partial charge in [-0.15, -0.1) is 0 Å². The van der Waals surface area contributed by atoms with Gasteiger partial charge in [0.15, 0.2) is 0 Å². The number of ether oxygens (including phenoxy) is 1. The summed E-state index contributed by atoms with van der Waals surface area (Å²) in [5, 5.41) is 1.00. The van der Waals surface area contributed by atoms with Crippen LogP contribution in [0.25, 0.3) is 0 Å². The van der Waals surface area contributed by atoms with Crippen LogP contribution in [0.15, 0.2) is 18.2 Å². The summed E-state index contributed by atoms with van der Waals surface area (Å²) in [6.07, 6.45) is 1.75. The highest BCUT2D eigenvalue weighted by Gasteiger charge is 2.46. The van der Waals surface area contributed by atoms with Gasteiger partial charge in [0.25, 0.3) is 0 Å². The maximum atomic E-state index is 10.7. The number of hydrogen-bond donors (Lipinski definition) is 1. The third-order valence-electron chi connectivity index (χ3n) is 2.64. The molecule has 2 rings (SSSR count). The van der Waals surface area contributed by atoms with Crippen LogP contribution in [0, 0.1) is 0 Å². The number of halogens is 2. The van der Waals surface area contributed by atoms with E-state index >= 15 is 0 Å². The summed E-state index contributed by atoms with van der Waals surface area (Å²) >= 11 is 11.8. The molecule has 0 spiro atoms. The van der Waals surface area contributed by atoms with E-state index in [1.54, 1.807) is 12.1 Å². The fourth-order valence-electron chi connectivity index (χ4n) is 1.62. The molecule has 0 aliphatic heterocycles. The van der Waals surface area contributed by atoms with Crippen molar-refractivity contribution < 1.29 is 9.53 Å². The van der Waals surface area contributed by atoms with Gasteiger partial charge in [0.05, 0.1) is 15.6 Å². The van der Waals surface area contributed by atoms with Gasteiger partial charge in [-0.1, -0.05) is 29.3 Å². The van der Waals surface area contributed by atoms with Gasteiger partial charge in [0.2, 0.25) is 5.91 Å². The SMILES string of the molecule is NC(=O)COC1(c2ccc(Cl)c(Cl)c2)CC1. The molecule has 5 heteroatoms. The van der Waals surface area contributed by atoms with Crippen LogP contribution in [0.5, 0.6) is 0 Å². The zero-order chi connectivity index (χ0) is 11.8. The van der Waals surface area contributed by atoms with E-state index in [1.165, 1.54) is 0 Å². The fourth-order valence-corrected chi connectivity index (χ4v) is 1.92. The van der Waals surface area contributed by atoms with E-state index in [9.17, 15) is 4.79 Å². The monoisotopic (exact) mass is 259 g/mol. The van der Waals surface area contributed by atoms with Crippen LogP contribution in [0.3, 0.4) is 0 Å². The van der Waals surface area contributed by atoms with E-state index in [4.69, 9.17) is 33.7 Å². The molecule has 1 aliphatic rings. The standard InChI is InChI=1S/C11H11Cl2NO2/c12-8-2-1-7(5-9(8)13)11(3-4-11)16-6-10(14)15/h1-2,5H,3-4,6H2,(H2,14,15). The van der Waals surface area contributed by atoms with Crippen molar-refractivity contribution in [2.45, 2.75) is 18.4 Å². The Morgan fingerprint density at radius 2 is 2.06 bits per heavy atom. The normalized spacial score (nSPS) is 17.1. The Balaban J connectivity index is 2.16. The van der Waals surface area contributed by atoms with Crippen molar-refractivity contribution in [2.24, 2.45) is 5.73 Å². The maximum absolute atomic E-state index is 10.7. The molecule has 0 unspecified atom stereocenters. The van der Waals surface area contributed by atoms with Gasteiger partial charge in [-0.2, -0.15) is 0 Å². The molecule has 2 N–H and O–H groups in total. The van der Waals surface area contributed by atoms with Gasteiger partial charge < -0.3 is 10.5 Å². The topological polar surface area (TPSA) is 52.3 Å². The van der Waals surface area contributed by atoms with E-state index in [0.717, 1.165) is 18.4 Å². The minimum absolute atomic E-state index is 0.0692. The number of benzene rings is 1. The highest BCUT2D eigenvalue weighted by Crippen LogP contribution is 2.50. The quantitative estimate of drug-likeness (QED) is 0.904. The first-order valence-electron chi connectivity index (χ1n) is 4.91. The zero-order valence-electron chi connectivity index (χ0n) is 8.50. The van der Waals surface area contributed by atoms with Gasteiger partial charge in [-0.3, -0.25) is 4.79 Å². The van der Waals surface area contributed by atoms with E-state index in [0.29, 0.717) is 10.0 Å². The molecule has 0 atom stereocenters. The average Bonchev–Trinajstić information content (AvgIpc) is 3.00. The van der Waals surface area contributed by atoms with Crippen molar-refractivity contribution in [3.8, 4) is 0 Å². The molecule has 1 fully saturated rings. The first-order chi connectivity index (χ1) is 7.53. The predicted octanol–water partition coefficient (Wildman–Crippen LogP) is 2.48. The second kappa shape index (κ2) is 4.24. The highest BCUT2D eigenvalue weighted by atomic mass is 35.5. The minimum atomic E-state index is -0.466. The third-order valence-corrected chi connectivity index (χ3v) is 3.38. The van der Waals surface area contributed by atoms with Gasteiger partial charge in [0, 0.05) is 0 Å². The average molecular weight is 260 g/mol. The molecule has 1 aromatic carbocycles. The second-order valence-corrected chi connectivity index (χ2v) is 4.69. The molecule has 0 radical (unpaired) electrons. The number of hydrogen-bond acceptors (Lipinski definition) is 2. The lowest BCUT2D eigenvalue weighted by molar-refractivity contribution is -0.125. The Kier molecular flexibility index (Phi) is 3.10. The van der Waals surface area contributed by atoms with Gasteiger partial charge in [-0.25, -0.2) is 0 Å². The van der Waals surface area contributed by atoms with Crippen LogP contribution in [0.1, 0.15) is 18.4 Å². The number of rotatable bonds is 4. The maximum Gasteiger partial charge on any atom is 0.243 e. The lowest BCUT2D eigenvalue weighted by Gasteiger charge is -2.16. The van der Waals surface area contributed by atoms with E-state index in [2.05, 4.69) is 0 Å². The first kappa shape index (κ1) is 11.7. The molecule has 3 nitrogen and oxygen atoms in total. The molecule has 0 saturated heterocycles. The number of carbonyl (C=O) groups excluding carboxylic acids is 1. The lowest BCUT2D eigenvalue weighted by atomic mass is 10.1. The van der Waals surface area contributed by atoms with Crippen molar-refractivity contribution >= 4 is 29.1 Å². The Labute approximate surface area is 103 Å². The molecular weight excluding hydrogens is 249 g/mol. The fraction of sp³-hybridized carbons (Fsp3) is 0.364. The number of carbonyl (C=O) groups is 1. The van der Waals surface area contributed by atoms with Gasteiger partial charge in [0.1, 0.15) is 6.61 Å². The van der Waals surface area contributed by atoms with Crippen molar-refractivity contribution in [1.29, 1.82) is 0 Å². The lowest BCUT2D eigenvalue weighted by Crippen LogP contribution is -2.23. The van der Waals surface area contributed by atoms with Crippen molar-refractivity contribution in [2.75, 3.05) is 6.61 Å². The molecule has 0 aromatic heterocycles. The summed E-state index contributed by atoms with van der Waals surface area (Å²) < 4.78 is 5.51. The molecule has 1 saturated carbocycles. The largest absolute Gasteiger partial charge is 0.368 e. The van der Waals surface area contributed by atoms with Crippen molar-refractivity contribution in [1.82, 2.24) is 0 Å². The molecule has 86 valence electrons. The second-order valence-electron chi connectivity index (χ2n) is 3.88. The summed E-state index contributed by atoms with van der Waals surface area (Å²) in [4.78, 5) is 10.7. The first-order valence-corrected chi connectivity index (χ1v) is 5.67. The summed E-state index contributed by atoms with van der Waals surface area (Å²) in [7, 11) is 0. The Hall–Kier alpha value is -0.770. The third kappa shape index (κ3) is 2.32. The molecule has 16 heavy (non-hydrogen) atoms. The zero-order valence-corrected chi connectivity index (χ0v) is 10.0. The van der Waals surface area contributed by atoms with E-state index in [-0.39, 0.29) is 12.2 Å². The van der Waals surface area contributed by atoms with Crippen LogP contribution >= 0.6 is 23.2 Å². The van der Waals surface area contributed by atoms with Crippen LogP contribution in [0.4, 0.5) is 0 Å². The van der Waals surface area contributed by atoms with Crippen molar-refractivity contribution in [3.05, 3.63) is 33.8 Å². The summed E-state index contributed by atoms with van der Waals surface area (Å²) in [5.74, 6) is -0.466. The highest BCUT2D eigenvalue weighted by molar-refractivity contribution is 6.42. The molecule has 1 aliphatic carbocycles. The number of primary amides is 1. The van der Waals surface area contributed by atoms with Crippen LogP contribution in [-0.2, 0) is 15.1 Å². The van der Waals surface area contributed by atoms with Crippen LogP contribution in [-0.4, -0.2) is 12.5 Å². The molecular formula is C11H11Cl2NO2. The smallest absolute Gasteiger partial charge is 0.243 e. The Bertz CT molecular complexity index is 430. The van der Waals surface area contributed by atoms with E-state index in [1.807, 2.05) is 6.07 Å².